The number of hydrogen-bond acceptors (Lipinski definition) is 1. The molecule has 0 saturated carbocycles. The van der Waals surface area contributed by atoms with E-state index in [1.165, 1.54) is 0 Å². The first kappa shape index (κ1) is 20.9. The van der Waals surface area contributed by atoms with E-state index in [2.05, 4.69) is 37.8 Å². The van der Waals surface area contributed by atoms with E-state index in [1.54, 1.807) is 30.4 Å². The summed E-state index contributed by atoms with van der Waals surface area (Å²) in [4.78, 5) is 2.07. The molecule has 0 rings (SSSR count). The maximum absolute atomic E-state index is 3.82. The number of nitrogens with zero attached hydrogens (tertiary/aromatic N) is 1. The van der Waals surface area contributed by atoms with Gasteiger partial charge in [0, 0.05) is 17.1 Å². The quantitative estimate of drug-likeness (QED) is 0.390. The summed E-state index contributed by atoms with van der Waals surface area (Å²) in [6.07, 6.45) is 26.2. The average Bonchev–Trinajstić information content (AvgIpc) is 2.58. The fourth-order valence-corrected chi connectivity index (χ4v) is 1.93. The Bertz CT molecular complexity index is 591. The van der Waals surface area contributed by atoms with Crippen molar-refractivity contribution in [2.24, 2.45) is 0 Å². The topological polar surface area (TPSA) is 3.24 Å². The summed E-state index contributed by atoms with van der Waals surface area (Å²) in [6, 6.07) is 0. The lowest BCUT2D eigenvalue weighted by atomic mass is 10.1. The Hall–Kier alpha value is -3.06. The third kappa shape index (κ3) is 7.28. The molecule has 1 heteroatoms. The van der Waals surface area contributed by atoms with Gasteiger partial charge in [-0.25, -0.2) is 0 Å². The Morgan fingerprint density at radius 1 is 0.583 bits per heavy atom. The third-order valence-corrected chi connectivity index (χ3v) is 2.78. The van der Waals surface area contributed by atoms with Gasteiger partial charge in [0.25, 0.3) is 0 Å². The fourth-order valence-electron chi connectivity index (χ4n) is 1.93. The Labute approximate surface area is 147 Å². The second-order valence-electron chi connectivity index (χ2n) is 4.51. The summed E-state index contributed by atoms with van der Waals surface area (Å²) in [5.74, 6) is 0. The van der Waals surface area contributed by atoms with Crippen LogP contribution >= 0.6 is 0 Å². The van der Waals surface area contributed by atoms with Gasteiger partial charge in [-0.3, -0.25) is 0 Å². The first-order chi connectivity index (χ1) is 11.7. The van der Waals surface area contributed by atoms with Crippen LogP contribution in [0.15, 0.2) is 135 Å². The molecule has 0 aliphatic heterocycles. The lowest BCUT2D eigenvalue weighted by molar-refractivity contribution is 0.578. The van der Waals surface area contributed by atoms with Crippen molar-refractivity contribution in [3.05, 3.63) is 135 Å². The molecule has 24 heavy (non-hydrogen) atoms. The van der Waals surface area contributed by atoms with Gasteiger partial charge in [0.1, 0.15) is 0 Å². The Balaban J connectivity index is 6.52. The maximum Gasteiger partial charge on any atom is 0.0461 e. The molecule has 0 fully saturated rings. The molecule has 0 radical (unpaired) electrons. The van der Waals surface area contributed by atoms with E-state index in [4.69, 9.17) is 0 Å². The van der Waals surface area contributed by atoms with E-state index in [0.717, 1.165) is 17.1 Å². The summed E-state index contributed by atoms with van der Waals surface area (Å²) < 4.78 is 0. The van der Waals surface area contributed by atoms with Crippen molar-refractivity contribution in [1.82, 2.24) is 4.90 Å². The monoisotopic (exact) mass is 317 g/mol. The zero-order valence-electron chi connectivity index (χ0n) is 14.6. The molecule has 0 aromatic rings. The first-order valence-corrected chi connectivity index (χ1v) is 7.69. The molecule has 0 N–H and O–H groups in total. The number of rotatable bonds is 11. The molecule has 1 nitrogen and oxygen atoms in total. The lowest BCUT2D eigenvalue weighted by Crippen LogP contribution is -2.19. The predicted octanol–water partition coefficient (Wildman–Crippen LogP) is 6.56. The van der Waals surface area contributed by atoms with E-state index in [9.17, 15) is 0 Å². The minimum atomic E-state index is 0.929. The first-order valence-electron chi connectivity index (χ1n) is 7.69. The molecule has 0 aromatic heterocycles. The van der Waals surface area contributed by atoms with Crippen LogP contribution < -0.4 is 0 Å². The van der Waals surface area contributed by atoms with Gasteiger partial charge in [-0.1, -0.05) is 81.5 Å². The van der Waals surface area contributed by atoms with Crippen molar-refractivity contribution in [3.63, 3.8) is 0 Å². The molecule has 0 saturated heterocycles. The van der Waals surface area contributed by atoms with Crippen LogP contribution in [0.25, 0.3) is 0 Å². The normalized spacial score (nSPS) is 13.5. The molecular weight excluding hydrogens is 290 g/mol. The van der Waals surface area contributed by atoms with Gasteiger partial charge in [-0.2, -0.15) is 0 Å². The van der Waals surface area contributed by atoms with Gasteiger partial charge in [0.15, 0.2) is 0 Å². The predicted molar refractivity (Wildman–Crippen MR) is 110 cm³/mol. The second-order valence-corrected chi connectivity index (χ2v) is 4.51. The number of allylic oxidation sites excluding steroid dienone is 14. The van der Waals surface area contributed by atoms with E-state index >= 15 is 0 Å². The summed E-state index contributed by atoms with van der Waals surface area (Å²) >= 11 is 0. The van der Waals surface area contributed by atoms with E-state index in [1.807, 2.05) is 61.6 Å². The molecule has 0 bridgehead atoms. The highest BCUT2D eigenvalue weighted by molar-refractivity contribution is 5.42. The van der Waals surface area contributed by atoms with Gasteiger partial charge in [0.05, 0.1) is 0 Å². The average molecular weight is 317 g/mol. The SMILES string of the molecule is C=C/C=C\C(=C/C=C)N(C(/C=C\C)=C/C=C)C(/C=C\C=C)=C/C=C. The zero-order chi connectivity index (χ0) is 18.2. The molecule has 124 valence electrons. The number of hydrogen-bond donors (Lipinski definition) is 0. The smallest absolute Gasteiger partial charge is 0.0461 e. The van der Waals surface area contributed by atoms with Crippen LogP contribution in [-0.4, -0.2) is 4.90 Å². The lowest BCUT2D eigenvalue weighted by Gasteiger charge is -2.28. The van der Waals surface area contributed by atoms with E-state index < -0.39 is 0 Å². The fraction of sp³-hybridized carbons (Fsp3) is 0.0435. The Morgan fingerprint density at radius 3 is 1.25 bits per heavy atom. The van der Waals surface area contributed by atoms with Gasteiger partial charge in [-0.15, -0.1) is 0 Å². The van der Waals surface area contributed by atoms with Crippen LogP contribution in [0.3, 0.4) is 0 Å². The minimum Gasteiger partial charge on any atom is -0.311 e. The van der Waals surface area contributed by atoms with Crippen molar-refractivity contribution < 1.29 is 0 Å². The van der Waals surface area contributed by atoms with Crippen LogP contribution in [0.2, 0.25) is 0 Å². The van der Waals surface area contributed by atoms with Crippen LogP contribution in [0.4, 0.5) is 0 Å². The van der Waals surface area contributed by atoms with Crippen LogP contribution in [0, 0.1) is 0 Å². The van der Waals surface area contributed by atoms with Gasteiger partial charge < -0.3 is 4.90 Å². The maximum atomic E-state index is 3.82. The van der Waals surface area contributed by atoms with Crippen molar-refractivity contribution >= 4 is 0 Å². The molecule has 0 atom stereocenters. The van der Waals surface area contributed by atoms with Crippen molar-refractivity contribution in [2.45, 2.75) is 6.92 Å². The van der Waals surface area contributed by atoms with Gasteiger partial charge >= 0.3 is 0 Å². The van der Waals surface area contributed by atoms with E-state index in [-0.39, 0.29) is 0 Å². The highest BCUT2D eigenvalue weighted by Crippen LogP contribution is 2.24. The highest BCUT2D eigenvalue weighted by atomic mass is 15.2. The van der Waals surface area contributed by atoms with Crippen LogP contribution in [-0.2, 0) is 0 Å². The summed E-state index contributed by atoms with van der Waals surface area (Å²) in [6.45, 7) is 20.9. The highest BCUT2D eigenvalue weighted by Gasteiger charge is 2.13. The molecule has 0 aliphatic rings. The molecular formula is C23H27N. The zero-order valence-corrected chi connectivity index (χ0v) is 14.6. The molecule has 0 spiro atoms. The van der Waals surface area contributed by atoms with E-state index in [0.29, 0.717) is 0 Å². The Morgan fingerprint density at radius 2 is 0.958 bits per heavy atom. The van der Waals surface area contributed by atoms with Crippen LogP contribution in [0.1, 0.15) is 6.92 Å². The van der Waals surface area contributed by atoms with Crippen molar-refractivity contribution in [2.75, 3.05) is 0 Å². The van der Waals surface area contributed by atoms with Crippen LogP contribution in [0.5, 0.6) is 0 Å². The molecule has 0 heterocycles. The van der Waals surface area contributed by atoms with Gasteiger partial charge in [-0.05, 0) is 43.4 Å². The summed E-state index contributed by atoms with van der Waals surface area (Å²) in [7, 11) is 0. The molecule has 0 amide bonds. The third-order valence-electron chi connectivity index (χ3n) is 2.78. The molecule has 0 unspecified atom stereocenters. The van der Waals surface area contributed by atoms with Gasteiger partial charge in [0.2, 0.25) is 0 Å². The molecule has 0 aromatic carbocycles. The second kappa shape index (κ2) is 13.6. The Kier molecular flexibility index (Phi) is 11.9. The van der Waals surface area contributed by atoms with Crippen molar-refractivity contribution in [1.29, 1.82) is 0 Å². The van der Waals surface area contributed by atoms with Crippen molar-refractivity contribution in [3.8, 4) is 0 Å². The largest absolute Gasteiger partial charge is 0.311 e. The minimum absolute atomic E-state index is 0.929. The standard InChI is InChI=1S/C23H27N/c1-7-13-19-22(17-11-5)24(21(15-9-3)16-10-4)23(18-12-6)20-14-8-2/h7-20H,1-3,5-6H2,4H3/b16-10-,19-13-,20-14-,21-15+,22-17+,23-18+. The molecule has 0 aliphatic carbocycles. The summed E-state index contributed by atoms with van der Waals surface area (Å²) in [5, 5.41) is 0. The summed E-state index contributed by atoms with van der Waals surface area (Å²) in [5.41, 5.74) is 2.81.